The molecule has 11 nitrogen and oxygen atoms in total. The Bertz CT molecular complexity index is 2380. The molecule has 0 saturated carbocycles. The monoisotopic (exact) mass is 719 g/mol. The summed E-state index contributed by atoms with van der Waals surface area (Å²) in [5.41, 5.74) is 6.60. The van der Waals surface area contributed by atoms with E-state index in [-0.39, 0.29) is 56.2 Å². The Morgan fingerprint density at radius 1 is 0.963 bits per heavy atom. The highest BCUT2D eigenvalue weighted by atomic mass is 16.3. The Morgan fingerprint density at radius 3 is 2.54 bits per heavy atom. The molecule has 8 rings (SSSR count). The summed E-state index contributed by atoms with van der Waals surface area (Å²) in [4.78, 5) is 51.0. The van der Waals surface area contributed by atoms with Crippen LogP contribution in [0.5, 0.6) is 5.75 Å². The average molecular weight is 720 g/mol. The van der Waals surface area contributed by atoms with E-state index in [2.05, 4.69) is 40.9 Å². The Balaban J connectivity index is 1.17. The summed E-state index contributed by atoms with van der Waals surface area (Å²) in [5.74, 6) is -0.346. The molecule has 54 heavy (non-hydrogen) atoms. The summed E-state index contributed by atoms with van der Waals surface area (Å²) in [6, 6.07) is 31.3. The van der Waals surface area contributed by atoms with Gasteiger partial charge in [0.05, 0.1) is 24.1 Å². The summed E-state index contributed by atoms with van der Waals surface area (Å²) in [5, 5.41) is 18.4. The number of aromatic hydroxyl groups is 1. The number of nitrogens with one attached hydrogen (secondary N) is 1. The van der Waals surface area contributed by atoms with E-state index in [1.165, 1.54) is 0 Å². The van der Waals surface area contributed by atoms with Gasteiger partial charge in [0.2, 0.25) is 11.8 Å². The molecule has 4 heterocycles. The minimum absolute atomic E-state index is 0.0876. The van der Waals surface area contributed by atoms with E-state index in [4.69, 9.17) is 4.98 Å². The fourth-order valence-electron chi connectivity index (χ4n) is 7.89. The fraction of sp³-hybridized carbons (Fsp3) is 0.209. The summed E-state index contributed by atoms with van der Waals surface area (Å²) < 4.78 is 2.09. The Hall–Kier alpha value is -6.46. The van der Waals surface area contributed by atoms with Crippen LogP contribution in [0.3, 0.4) is 0 Å². The largest absolute Gasteiger partial charge is 0.508 e. The molecule has 272 valence electrons. The van der Waals surface area contributed by atoms with Crippen LogP contribution in [-0.4, -0.2) is 84.2 Å². The van der Waals surface area contributed by atoms with Crippen molar-refractivity contribution in [1.29, 1.82) is 0 Å². The molecule has 0 unspecified atom stereocenters. The van der Waals surface area contributed by atoms with Crippen molar-refractivity contribution in [3.05, 3.63) is 145 Å². The van der Waals surface area contributed by atoms with Gasteiger partial charge in [-0.05, 0) is 41.0 Å². The number of phenolic OH excluding ortho intramolecular Hbond substituents is 1. The predicted octanol–water partition coefficient (Wildman–Crippen LogP) is 5.84. The number of carbonyl (C=O) groups is 3. The topological polar surface area (TPSA) is 114 Å². The van der Waals surface area contributed by atoms with Gasteiger partial charge in [0.1, 0.15) is 18.0 Å². The second-order valence-corrected chi connectivity index (χ2v) is 13.9. The van der Waals surface area contributed by atoms with E-state index < -0.39 is 12.2 Å². The highest BCUT2D eigenvalue weighted by molar-refractivity contribution is 5.99. The molecule has 4 aromatic carbocycles. The predicted molar refractivity (Wildman–Crippen MR) is 208 cm³/mol. The number of aromatic nitrogens is 2. The second kappa shape index (κ2) is 14.5. The highest BCUT2D eigenvalue weighted by Crippen LogP contribution is 2.35. The maximum atomic E-state index is 14.7. The molecule has 6 aromatic rings. The van der Waals surface area contributed by atoms with Crippen LogP contribution >= 0.6 is 0 Å². The first kappa shape index (κ1) is 34.6. The summed E-state index contributed by atoms with van der Waals surface area (Å²) in [6.07, 6.45) is 5.09. The molecule has 11 heteroatoms. The van der Waals surface area contributed by atoms with Crippen molar-refractivity contribution in [3.8, 4) is 16.9 Å². The molecule has 0 spiro atoms. The quantitative estimate of drug-likeness (QED) is 0.182. The van der Waals surface area contributed by atoms with Crippen LogP contribution in [0.4, 0.5) is 4.79 Å². The van der Waals surface area contributed by atoms with E-state index in [0.717, 1.165) is 49.6 Å². The van der Waals surface area contributed by atoms with Crippen LogP contribution in [0, 0.1) is 0 Å². The van der Waals surface area contributed by atoms with Gasteiger partial charge in [-0.25, -0.2) is 14.8 Å². The van der Waals surface area contributed by atoms with Crippen LogP contribution in [0.2, 0.25) is 0 Å². The normalized spacial score (nSPS) is 17.6. The Kier molecular flexibility index (Phi) is 9.31. The lowest BCUT2D eigenvalue weighted by molar-refractivity contribution is -0.189. The van der Waals surface area contributed by atoms with E-state index in [9.17, 15) is 19.5 Å². The van der Waals surface area contributed by atoms with Crippen LogP contribution in [-0.2, 0) is 36.1 Å². The van der Waals surface area contributed by atoms with Crippen LogP contribution in [0.15, 0.2) is 128 Å². The van der Waals surface area contributed by atoms with E-state index in [1.807, 2.05) is 73.9 Å². The molecular formula is C43H41N7O4. The number of aryl methyl sites for hydroxylation is 1. The molecule has 0 aliphatic carbocycles. The number of rotatable bonds is 9. The first-order valence-corrected chi connectivity index (χ1v) is 18.1. The minimum Gasteiger partial charge on any atom is -0.508 e. The molecule has 2 fully saturated rings. The summed E-state index contributed by atoms with van der Waals surface area (Å²) >= 11 is 0. The number of phenols is 1. The lowest BCUT2D eigenvalue weighted by atomic mass is 9.97. The van der Waals surface area contributed by atoms with Gasteiger partial charge in [-0.1, -0.05) is 84.9 Å². The van der Waals surface area contributed by atoms with Crippen molar-refractivity contribution in [2.24, 2.45) is 7.05 Å². The zero-order valence-corrected chi connectivity index (χ0v) is 30.0. The van der Waals surface area contributed by atoms with Gasteiger partial charge < -0.3 is 24.8 Å². The van der Waals surface area contributed by atoms with Gasteiger partial charge >= 0.3 is 6.03 Å². The van der Waals surface area contributed by atoms with E-state index in [1.54, 1.807) is 50.2 Å². The smallest absolute Gasteiger partial charge is 0.334 e. The summed E-state index contributed by atoms with van der Waals surface area (Å²) in [6.45, 7) is 4.72. The molecule has 2 saturated heterocycles. The Morgan fingerprint density at radius 2 is 1.74 bits per heavy atom. The number of amides is 4. The molecular weight excluding hydrogens is 679 g/mol. The van der Waals surface area contributed by atoms with Gasteiger partial charge in [-0.3, -0.25) is 14.6 Å². The maximum Gasteiger partial charge on any atom is 0.334 e. The number of hydrazine groups is 1. The van der Waals surface area contributed by atoms with Gasteiger partial charge in [0.25, 0.3) is 0 Å². The number of fused-ring (bicyclic) bond motifs is 3. The number of piperazine rings is 1. The van der Waals surface area contributed by atoms with Crippen molar-refractivity contribution in [3.63, 3.8) is 0 Å². The number of hydrogen-bond donors (Lipinski definition) is 2. The number of benzene rings is 4. The third kappa shape index (κ3) is 6.54. The van der Waals surface area contributed by atoms with Crippen molar-refractivity contribution in [2.45, 2.75) is 31.7 Å². The molecule has 2 aliphatic rings. The number of pyridine rings is 1. The third-order valence-corrected chi connectivity index (χ3v) is 10.4. The maximum absolute atomic E-state index is 14.7. The minimum atomic E-state index is -0.886. The third-order valence-electron chi connectivity index (χ3n) is 10.4. The number of carbonyl (C=O) groups excluding carboxylic acids is 3. The van der Waals surface area contributed by atoms with Crippen LogP contribution in [0.25, 0.3) is 32.9 Å². The summed E-state index contributed by atoms with van der Waals surface area (Å²) in [7, 11) is 2.00. The van der Waals surface area contributed by atoms with Crippen molar-refractivity contribution in [1.82, 2.24) is 34.7 Å². The average Bonchev–Trinajstić information content (AvgIpc) is 3.53. The molecule has 2 aliphatic heterocycles. The number of nitrogens with zero attached hydrogens (tertiary/aromatic N) is 6. The van der Waals surface area contributed by atoms with Crippen molar-refractivity contribution >= 4 is 39.7 Å². The zero-order chi connectivity index (χ0) is 37.3. The van der Waals surface area contributed by atoms with E-state index >= 15 is 0 Å². The lowest BCUT2D eigenvalue weighted by Crippen LogP contribution is -2.76. The SMILES string of the molecule is C=CCN1CC(=O)N2[C@@H](Cc3ccc(O)cc3)C(=O)N(Cc3cccc4c(-c5cnc6ccccc6c5)cn(C)c34)C[C@@H]2N1C(=O)NCc1ccccc1. The standard InChI is InChI=1S/C43H41N7O4/c1-3-20-48-28-40(52)49-38(21-29-16-18-34(51)19-17-29)42(53)47(27-39(49)50(48)43(54)45-23-30-10-5-4-6-11-30)25-32-13-9-14-35-36(26-46(2)41(32)35)33-22-31-12-7-8-15-37(31)44-24-33/h3-19,22,24,26,38-39,51H,1,20-21,23,25,27-28H2,2H3,(H,45,54)/t38-,39-/m0/s1. The fourth-order valence-corrected chi connectivity index (χ4v) is 7.89. The number of hydrogen-bond acceptors (Lipinski definition) is 6. The number of para-hydroxylation sites is 2. The van der Waals surface area contributed by atoms with Crippen molar-refractivity contribution < 1.29 is 19.5 Å². The molecule has 0 bridgehead atoms. The first-order valence-electron chi connectivity index (χ1n) is 18.1. The molecule has 2 atom stereocenters. The molecule has 2 N–H and O–H groups in total. The first-order chi connectivity index (χ1) is 26.3. The van der Waals surface area contributed by atoms with Gasteiger partial charge in [0.15, 0.2) is 0 Å². The van der Waals surface area contributed by atoms with E-state index in [0.29, 0.717) is 6.54 Å². The van der Waals surface area contributed by atoms with Crippen LogP contribution < -0.4 is 5.32 Å². The van der Waals surface area contributed by atoms with Crippen molar-refractivity contribution in [2.75, 3.05) is 19.6 Å². The Labute approximate surface area is 313 Å². The lowest BCUT2D eigenvalue weighted by Gasteiger charge is -2.55. The highest BCUT2D eigenvalue weighted by Gasteiger charge is 2.51. The van der Waals surface area contributed by atoms with Gasteiger partial charge in [0, 0.05) is 67.4 Å². The molecule has 0 radical (unpaired) electrons. The van der Waals surface area contributed by atoms with Crippen LogP contribution in [0.1, 0.15) is 16.7 Å². The zero-order valence-electron chi connectivity index (χ0n) is 30.0. The second-order valence-electron chi connectivity index (χ2n) is 13.9. The van der Waals surface area contributed by atoms with Gasteiger partial charge in [-0.15, -0.1) is 6.58 Å². The molecule has 4 amide bonds. The molecule has 2 aromatic heterocycles. The van der Waals surface area contributed by atoms with Gasteiger partial charge in [-0.2, -0.15) is 0 Å². The number of urea groups is 1.